The summed E-state index contributed by atoms with van der Waals surface area (Å²) in [7, 11) is 0. The van der Waals surface area contributed by atoms with Crippen LogP contribution >= 0.6 is 0 Å². The summed E-state index contributed by atoms with van der Waals surface area (Å²) in [5.74, 6) is -0.272. The number of ether oxygens (including phenoxy) is 2. The Kier molecular flexibility index (Phi) is 4.06. The zero-order valence-corrected chi connectivity index (χ0v) is 13.6. The number of carbonyl (C=O) groups excluding carboxylic acids is 2. The number of fused-ring (bicyclic) bond motifs is 1. The van der Waals surface area contributed by atoms with Gasteiger partial charge in [0, 0.05) is 18.0 Å². The number of aromatic amines is 1. The topological polar surface area (TPSA) is 106 Å². The van der Waals surface area contributed by atoms with Gasteiger partial charge in [-0.15, -0.1) is 0 Å². The van der Waals surface area contributed by atoms with Gasteiger partial charge in [-0.25, -0.2) is 4.79 Å². The van der Waals surface area contributed by atoms with Crippen LogP contribution in [0.4, 0.5) is 5.69 Å². The SMILES string of the molecule is O=C1COc2cc(C(=O)OCc3cc(-c4ccncc4)n[nH]3)ccc2N1. The van der Waals surface area contributed by atoms with Crippen molar-refractivity contribution in [3.8, 4) is 17.0 Å². The van der Waals surface area contributed by atoms with E-state index in [-0.39, 0.29) is 19.1 Å². The lowest BCUT2D eigenvalue weighted by Crippen LogP contribution is -2.25. The van der Waals surface area contributed by atoms with E-state index >= 15 is 0 Å². The van der Waals surface area contributed by atoms with E-state index in [1.807, 2.05) is 18.2 Å². The third kappa shape index (κ3) is 3.25. The van der Waals surface area contributed by atoms with Crippen molar-refractivity contribution >= 4 is 17.6 Å². The molecule has 0 saturated carbocycles. The van der Waals surface area contributed by atoms with Crippen LogP contribution in [0.3, 0.4) is 0 Å². The van der Waals surface area contributed by atoms with Crippen molar-refractivity contribution in [1.29, 1.82) is 0 Å². The molecule has 130 valence electrons. The molecule has 4 rings (SSSR count). The van der Waals surface area contributed by atoms with Crippen LogP contribution in [0.5, 0.6) is 5.75 Å². The molecular formula is C18H14N4O4. The van der Waals surface area contributed by atoms with Crippen molar-refractivity contribution in [3.63, 3.8) is 0 Å². The van der Waals surface area contributed by atoms with Gasteiger partial charge >= 0.3 is 5.97 Å². The number of esters is 1. The second-order valence-electron chi connectivity index (χ2n) is 5.64. The van der Waals surface area contributed by atoms with Crippen molar-refractivity contribution in [2.75, 3.05) is 11.9 Å². The Labute approximate surface area is 148 Å². The summed E-state index contributed by atoms with van der Waals surface area (Å²) in [6, 6.07) is 10.2. The van der Waals surface area contributed by atoms with E-state index in [9.17, 15) is 9.59 Å². The molecule has 0 aliphatic carbocycles. The summed E-state index contributed by atoms with van der Waals surface area (Å²) >= 11 is 0. The average Bonchev–Trinajstić information content (AvgIpc) is 3.15. The normalized spacial score (nSPS) is 12.7. The first-order valence-corrected chi connectivity index (χ1v) is 7.87. The number of pyridine rings is 1. The maximum Gasteiger partial charge on any atom is 0.338 e. The van der Waals surface area contributed by atoms with Gasteiger partial charge in [0.15, 0.2) is 6.61 Å². The zero-order chi connectivity index (χ0) is 17.9. The molecule has 3 heterocycles. The molecule has 8 heteroatoms. The minimum atomic E-state index is -0.492. The lowest BCUT2D eigenvalue weighted by Gasteiger charge is -2.18. The smallest absolute Gasteiger partial charge is 0.338 e. The Hall–Kier alpha value is -3.68. The number of nitrogens with zero attached hydrogens (tertiary/aromatic N) is 2. The molecule has 3 aromatic rings. The van der Waals surface area contributed by atoms with Crippen LogP contribution < -0.4 is 10.1 Å². The highest BCUT2D eigenvalue weighted by Gasteiger charge is 2.18. The predicted molar refractivity (Wildman–Crippen MR) is 91.5 cm³/mol. The average molecular weight is 350 g/mol. The Bertz CT molecular complexity index is 968. The molecule has 1 amide bonds. The molecule has 2 aromatic heterocycles. The van der Waals surface area contributed by atoms with Crippen LogP contribution in [0.1, 0.15) is 16.1 Å². The number of rotatable bonds is 4. The second-order valence-corrected chi connectivity index (χ2v) is 5.64. The highest BCUT2D eigenvalue weighted by molar-refractivity contribution is 5.97. The lowest BCUT2D eigenvalue weighted by atomic mass is 10.1. The first-order chi connectivity index (χ1) is 12.7. The van der Waals surface area contributed by atoms with Gasteiger partial charge in [0.05, 0.1) is 22.6 Å². The van der Waals surface area contributed by atoms with Crippen LogP contribution in [0.2, 0.25) is 0 Å². The summed E-state index contributed by atoms with van der Waals surface area (Å²) in [6.07, 6.45) is 3.37. The molecule has 1 aromatic carbocycles. The summed E-state index contributed by atoms with van der Waals surface area (Å²) in [4.78, 5) is 27.5. The molecule has 1 aliphatic heterocycles. The Balaban J connectivity index is 1.42. The monoisotopic (exact) mass is 350 g/mol. The number of benzene rings is 1. The summed E-state index contributed by atoms with van der Waals surface area (Å²) in [5, 5.41) is 9.71. The predicted octanol–water partition coefficient (Wildman–Crippen LogP) is 2.16. The van der Waals surface area contributed by atoms with E-state index in [1.165, 1.54) is 0 Å². The van der Waals surface area contributed by atoms with E-state index in [0.29, 0.717) is 22.7 Å². The molecule has 0 unspecified atom stereocenters. The minimum absolute atomic E-state index is 0.0611. The maximum atomic E-state index is 12.2. The van der Waals surface area contributed by atoms with Crippen molar-refractivity contribution < 1.29 is 19.1 Å². The molecule has 8 nitrogen and oxygen atoms in total. The molecule has 0 bridgehead atoms. The first-order valence-electron chi connectivity index (χ1n) is 7.87. The summed E-state index contributed by atoms with van der Waals surface area (Å²) < 4.78 is 10.6. The molecule has 1 aliphatic rings. The van der Waals surface area contributed by atoms with E-state index in [0.717, 1.165) is 11.3 Å². The number of H-pyrrole nitrogens is 1. The zero-order valence-electron chi connectivity index (χ0n) is 13.6. The van der Waals surface area contributed by atoms with Gasteiger partial charge in [-0.05, 0) is 36.4 Å². The van der Waals surface area contributed by atoms with Gasteiger partial charge < -0.3 is 14.8 Å². The minimum Gasteiger partial charge on any atom is -0.482 e. The van der Waals surface area contributed by atoms with Crippen molar-refractivity contribution in [1.82, 2.24) is 15.2 Å². The fourth-order valence-electron chi connectivity index (χ4n) is 2.53. The quantitative estimate of drug-likeness (QED) is 0.699. The van der Waals surface area contributed by atoms with E-state index in [4.69, 9.17) is 9.47 Å². The highest BCUT2D eigenvalue weighted by Crippen LogP contribution is 2.28. The number of anilines is 1. The third-order valence-electron chi connectivity index (χ3n) is 3.82. The molecule has 0 spiro atoms. The van der Waals surface area contributed by atoms with Crippen LogP contribution in [-0.4, -0.2) is 33.7 Å². The fraction of sp³-hybridized carbons (Fsp3) is 0.111. The Morgan fingerprint density at radius 3 is 2.88 bits per heavy atom. The molecule has 2 N–H and O–H groups in total. The molecule has 0 atom stereocenters. The van der Waals surface area contributed by atoms with Crippen molar-refractivity contribution in [3.05, 3.63) is 60.0 Å². The molecule has 26 heavy (non-hydrogen) atoms. The van der Waals surface area contributed by atoms with Crippen LogP contribution in [0, 0.1) is 0 Å². The van der Waals surface area contributed by atoms with Crippen LogP contribution in [-0.2, 0) is 16.1 Å². The number of hydrogen-bond donors (Lipinski definition) is 2. The maximum absolute atomic E-state index is 12.2. The van der Waals surface area contributed by atoms with Crippen molar-refractivity contribution in [2.45, 2.75) is 6.61 Å². The number of carbonyl (C=O) groups is 2. The molecule has 0 saturated heterocycles. The number of nitrogens with one attached hydrogen (secondary N) is 2. The third-order valence-corrected chi connectivity index (χ3v) is 3.82. The van der Waals surface area contributed by atoms with E-state index < -0.39 is 5.97 Å². The van der Waals surface area contributed by atoms with Crippen molar-refractivity contribution in [2.24, 2.45) is 0 Å². The van der Waals surface area contributed by atoms with Gasteiger partial charge in [-0.1, -0.05) is 0 Å². The van der Waals surface area contributed by atoms with E-state index in [1.54, 1.807) is 30.6 Å². The Morgan fingerprint density at radius 2 is 2.04 bits per heavy atom. The summed E-state index contributed by atoms with van der Waals surface area (Å²) in [5.41, 5.74) is 3.22. The van der Waals surface area contributed by atoms with Gasteiger partial charge in [0.2, 0.25) is 0 Å². The standard InChI is InChI=1S/C18H14N4O4/c23-17-10-25-16-7-12(1-2-14(16)20-17)18(24)26-9-13-8-15(22-21-13)11-3-5-19-6-4-11/h1-8H,9-10H2,(H,20,23)(H,21,22). The number of amides is 1. The first kappa shape index (κ1) is 15.8. The highest BCUT2D eigenvalue weighted by atomic mass is 16.5. The molecule has 0 radical (unpaired) electrons. The Morgan fingerprint density at radius 1 is 1.19 bits per heavy atom. The molecule has 0 fully saturated rings. The lowest BCUT2D eigenvalue weighted by molar-refractivity contribution is -0.118. The van der Waals surface area contributed by atoms with Gasteiger partial charge in [0.25, 0.3) is 5.91 Å². The molecular weight excluding hydrogens is 336 g/mol. The fourth-order valence-corrected chi connectivity index (χ4v) is 2.53. The number of hydrogen-bond acceptors (Lipinski definition) is 6. The van der Waals surface area contributed by atoms with E-state index in [2.05, 4.69) is 20.5 Å². The largest absolute Gasteiger partial charge is 0.482 e. The van der Waals surface area contributed by atoms with Crippen LogP contribution in [0.25, 0.3) is 11.3 Å². The second kappa shape index (κ2) is 6.67. The van der Waals surface area contributed by atoms with Crippen LogP contribution in [0.15, 0.2) is 48.8 Å². The van der Waals surface area contributed by atoms with Gasteiger partial charge in [-0.3, -0.25) is 14.9 Å². The number of aromatic nitrogens is 3. The summed E-state index contributed by atoms with van der Waals surface area (Å²) in [6.45, 7) is -0.0109. The van der Waals surface area contributed by atoms with Gasteiger partial charge in [0.1, 0.15) is 12.4 Å². The van der Waals surface area contributed by atoms with Gasteiger partial charge in [-0.2, -0.15) is 5.10 Å².